The fourth-order valence-electron chi connectivity index (χ4n) is 1.07. The van der Waals surface area contributed by atoms with Crippen LogP contribution in [0.25, 0.3) is 0 Å². The molecule has 0 aliphatic heterocycles. The van der Waals surface area contributed by atoms with Gasteiger partial charge in [0.2, 0.25) is 0 Å². The van der Waals surface area contributed by atoms with E-state index in [2.05, 4.69) is 20.8 Å². The summed E-state index contributed by atoms with van der Waals surface area (Å²) in [5.74, 6) is 0. The summed E-state index contributed by atoms with van der Waals surface area (Å²) in [7, 11) is 0. The summed E-state index contributed by atoms with van der Waals surface area (Å²) in [4.78, 5) is 0. The molecule has 0 aliphatic rings. The van der Waals surface area contributed by atoms with Crippen LogP contribution in [0.4, 0.5) is 0 Å². The molecule has 0 atom stereocenters. The summed E-state index contributed by atoms with van der Waals surface area (Å²) in [5.41, 5.74) is 1.86. The largest absolute Gasteiger partial charge is 0.309 e. The van der Waals surface area contributed by atoms with Gasteiger partial charge in [-0.3, -0.25) is 0 Å². The molecular weight excluding hydrogens is 229 g/mol. The Kier molecular flexibility index (Phi) is 5.33. The molecule has 0 saturated carbocycles. The second-order valence-corrected chi connectivity index (χ2v) is 4.97. The lowest BCUT2D eigenvalue weighted by molar-refractivity contribution is 0.577. The minimum Gasteiger partial charge on any atom is -0.309 e. The minimum absolute atomic E-state index is 0. The lowest BCUT2D eigenvalue weighted by Crippen LogP contribution is -2.21. The van der Waals surface area contributed by atoms with Crippen LogP contribution in [0.5, 0.6) is 0 Å². The molecular formula is C12H17Cl2N. The van der Waals surface area contributed by atoms with E-state index in [9.17, 15) is 0 Å². The molecule has 0 aliphatic carbocycles. The Balaban J connectivity index is 0.00000196. The molecule has 1 N–H and O–H groups in total. The molecule has 0 radical (unpaired) electrons. The summed E-state index contributed by atoms with van der Waals surface area (Å²) >= 11 is 5.78. The monoisotopic (exact) mass is 245 g/mol. The predicted octanol–water partition coefficient (Wildman–Crippen LogP) is 4.37. The van der Waals surface area contributed by atoms with E-state index in [4.69, 9.17) is 17.0 Å². The summed E-state index contributed by atoms with van der Waals surface area (Å²) in [5, 5.41) is 8.64. The van der Waals surface area contributed by atoms with E-state index in [-0.39, 0.29) is 17.8 Å². The molecule has 0 fully saturated rings. The van der Waals surface area contributed by atoms with Crippen LogP contribution in [0.1, 0.15) is 26.3 Å². The number of halogens is 2. The van der Waals surface area contributed by atoms with E-state index < -0.39 is 0 Å². The van der Waals surface area contributed by atoms with E-state index in [1.807, 2.05) is 24.3 Å². The molecule has 15 heavy (non-hydrogen) atoms. The number of nitrogens with one attached hydrogen (secondary N) is 1. The first-order chi connectivity index (χ1) is 6.39. The van der Waals surface area contributed by atoms with Gasteiger partial charge in [-0.1, -0.05) is 44.5 Å². The summed E-state index contributed by atoms with van der Waals surface area (Å²) in [6.45, 7) is 6.18. The van der Waals surface area contributed by atoms with Gasteiger partial charge in [-0.15, -0.1) is 12.4 Å². The highest BCUT2D eigenvalue weighted by molar-refractivity contribution is 6.30. The van der Waals surface area contributed by atoms with Crippen molar-refractivity contribution < 1.29 is 0 Å². The van der Waals surface area contributed by atoms with Crippen molar-refractivity contribution in [1.82, 2.24) is 0 Å². The van der Waals surface area contributed by atoms with Crippen LogP contribution in [-0.2, 0) is 6.42 Å². The molecule has 1 aromatic rings. The molecule has 0 bridgehead atoms. The highest BCUT2D eigenvalue weighted by Crippen LogP contribution is 2.19. The highest BCUT2D eigenvalue weighted by Gasteiger charge is 2.16. The topological polar surface area (TPSA) is 23.9 Å². The Morgan fingerprint density at radius 3 is 2.07 bits per heavy atom. The first-order valence-electron chi connectivity index (χ1n) is 4.72. The van der Waals surface area contributed by atoms with Gasteiger partial charge in [0.15, 0.2) is 0 Å². The lowest BCUT2D eigenvalue weighted by atomic mass is 9.86. The summed E-state index contributed by atoms with van der Waals surface area (Å²) in [6.07, 6.45) is 0.709. The third-order valence-electron chi connectivity index (χ3n) is 2.20. The normalized spacial score (nSPS) is 10.7. The minimum atomic E-state index is -0.0420. The molecule has 1 rings (SSSR count). The van der Waals surface area contributed by atoms with Crippen LogP contribution < -0.4 is 0 Å². The highest BCUT2D eigenvalue weighted by atomic mass is 35.5. The molecule has 0 amide bonds. The second-order valence-electron chi connectivity index (χ2n) is 4.53. The van der Waals surface area contributed by atoms with E-state index in [1.165, 1.54) is 0 Å². The van der Waals surface area contributed by atoms with Crippen molar-refractivity contribution in [2.45, 2.75) is 27.2 Å². The molecule has 0 saturated heterocycles. The van der Waals surface area contributed by atoms with Crippen LogP contribution in [0.2, 0.25) is 5.02 Å². The van der Waals surface area contributed by atoms with Gasteiger partial charge in [0.25, 0.3) is 0 Å². The van der Waals surface area contributed by atoms with Gasteiger partial charge in [0, 0.05) is 17.2 Å². The number of hydrogen-bond acceptors (Lipinski definition) is 1. The first-order valence-corrected chi connectivity index (χ1v) is 5.10. The van der Waals surface area contributed by atoms with Crippen LogP contribution in [0.15, 0.2) is 24.3 Å². The Labute approximate surface area is 103 Å². The van der Waals surface area contributed by atoms with Crippen LogP contribution >= 0.6 is 24.0 Å². The molecule has 1 nitrogen and oxygen atoms in total. The van der Waals surface area contributed by atoms with Crippen molar-refractivity contribution in [3.05, 3.63) is 34.9 Å². The second kappa shape index (κ2) is 5.53. The zero-order valence-corrected chi connectivity index (χ0v) is 10.9. The molecule has 0 heterocycles. The van der Waals surface area contributed by atoms with Gasteiger partial charge < -0.3 is 5.41 Å². The van der Waals surface area contributed by atoms with Gasteiger partial charge in [-0.2, -0.15) is 0 Å². The molecule has 3 heteroatoms. The smallest absolute Gasteiger partial charge is 0.0406 e. The number of hydrogen-bond donors (Lipinski definition) is 1. The summed E-state index contributed by atoms with van der Waals surface area (Å²) in [6, 6.07) is 7.69. The molecule has 0 aromatic heterocycles. The van der Waals surface area contributed by atoms with Crippen molar-refractivity contribution in [1.29, 1.82) is 5.41 Å². The standard InChI is InChI=1S/C12H16ClN.ClH/c1-12(2,3)11(14)8-9-4-6-10(13)7-5-9;/h4-7,14H,8H2,1-3H3;1H. The van der Waals surface area contributed by atoms with E-state index in [1.54, 1.807) is 0 Å². The van der Waals surface area contributed by atoms with Crippen molar-refractivity contribution in [3.8, 4) is 0 Å². The maximum absolute atomic E-state index is 7.90. The van der Waals surface area contributed by atoms with Gasteiger partial charge in [0.1, 0.15) is 0 Å². The molecule has 0 spiro atoms. The Hall–Kier alpha value is -0.530. The third kappa shape index (κ3) is 4.67. The SMILES string of the molecule is CC(C)(C)C(=N)Cc1ccc(Cl)cc1.Cl. The van der Waals surface area contributed by atoms with Crippen LogP contribution in [0, 0.1) is 10.8 Å². The van der Waals surface area contributed by atoms with E-state index in [0.29, 0.717) is 6.42 Å². The lowest BCUT2D eigenvalue weighted by Gasteiger charge is -2.19. The van der Waals surface area contributed by atoms with Crippen molar-refractivity contribution >= 4 is 29.7 Å². The molecule has 0 unspecified atom stereocenters. The van der Waals surface area contributed by atoms with Gasteiger partial charge in [-0.05, 0) is 23.1 Å². The van der Waals surface area contributed by atoms with Crippen molar-refractivity contribution in [3.63, 3.8) is 0 Å². The zero-order chi connectivity index (χ0) is 10.8. The third-order valence-corrected chi connectivity index (χ3v) is 2.45. The Bertz CT molecular complexity index is 322. The quantitative estimate of drug-likeness (QED) is 0.749. The first kappa shape index (κ1) is 14.5. The van der Waals surface area contributed by atoms with Crippen LogP contribution in [-0.4, -0.2) is 5.71 Å². The van der Waals surface area contributed by atoms with Gasteiger partial charge >= 0.3 is 0 Å². The average molecular weight is 246 g/mol. The Morgan fingerprint density at radius 2 is 1.67 bits per heavy atom. The predicted molar refractivity (Wildman–Crippen MR) is 69.6 cm³/mol. The zero-order valence-electron chi connectivity index (χ0n) is 9.30. The number of rotatable bonds is 2. The molecule has 84 valence electrons. The van der Waals surface area contributed by atoms with Gasteiger partial charge in [0.05, 0.1) is 0 Å². The maximum Gasteiger partial charge on any atom is 0.0406 e. The number of benzene rings is 1. The van der Waals surface area contributed by atoms with E-state index >= 15 is 0 Å². The van der Waals surface area contributed by atoms with Crippen LogP contribution in [0.3, 0.4) is 0 Å². The van der Waals surface area contributed by atoms with Crippen molar-refractivity contribution in [2.75, 3.05) is 0 Å². The average Bonchev–Trinajstić information content (AvgIpc) is 2.07. The van der Waals surface area contributed by atoms with E-state index in [0.717, 1.165) is 16.3 Å². The van der Waals surface area contributed by atoms with Crippen molar-refractivity contribution in [2.24, 2.45) is 5.41 Å². The maximum atomic E-state index is 7.90. The summed E-state index contributed by atoms with van der Waals surface area (Å²) < 4.78 is 0. The Morgan fingerprint density at radius 1 is 1.20 bits per heavy atom. The van der Waals surface area contributed by atoms with Gasteiger partial charge in [-0.25, -0.2) is 0 Å². The molecule has 1 aromatic carbocycles. The fourth-order valence-corrected chi connectivity index (χ4v) is 1.20. The fraction of sp³-hybridized carbons (Fsp3) is 0.417.